The van der Waals surface area contributed by atoms with Gasteiger partial charge in [0.25, 0.3) is 0 Å². The SMILES string of the molecule is Fc1cc(C(F)(F)F)ccc1NCC1CCCC1CCl. The van der Waals surface area contributed by atoms with E-state index in [0.29, 0.717) is 30.3 Å². The highest BCUT2D eigenvalue weighted by molar-refractivity contribution is 6.18. The summed E-state index contributed by atoms with van der Waals surface area (Å²) >= 11 is 5.86. The van der Waals surface area contributed by atoms with Crippen LogP contribution in [-0.4, -0.2) is 12.4 Å². The van der Waals surface area contributed by atoms with Crippen molar-refractivity contribution >= 4 is 17.3 Å². The van der Waals surface area contributed by atoms with Crippen molar-refractivity contribution < 1.29 is 17.6 Å². The molecule has 1 nitrogen and oxygen atoms in total. The van der Waals surface area contributed by atoms with Crippen LogP contribution in [-0.2, 0) is 6.18 Å². The van der Waals surface area contributed by atoms with Crippen molar-refractivity contribution in [1.29, 1.82) is 0 Å². The maximum Gasteiger partial charge on any atom is 0.416 e. The normalized spacial score (nSPS) is 23.1. The van der Waals surface area contributed by atoms with Gasteiger partial charge in [-0.05, 0) is 42.9 Å². The van der Waals surface area contributed by atoms with E-state index in [1.807, 2.05) is 0 Å². The van der Waals surface area contributed by atoms with Crippen LogP contribution in [0.2, 0.25) is 0 Å². The number of hydrogen-bond acceptors (Lipinski definition) is 1. The fraction of sp³-hybridized carbons (Fsp3) is 0.571. The highest BCUT2D eigenvalue weighted by atomic mass is 35.5. The molecule has 1 fully saturated rings. The standard InChI is InChI=1S/C14H16ClF4N/c15-7-9-2-1-3-10(9)8-20-13-5-4-11(6-12(13)16)14(17,18)19/h4-6,9-10,20H,1-3,7-8H2. The number of rotatable bonds is 4. The molecule has 112 valence electrons. The number of nitrogens with one attached hydrogen (secondary N) is 1. The number of alkyl halides is 4. The molecule has 1 aliphatic carbocycles. The minimum Gasteiger partial charge on any atom is -0.382 e. The van der Waals surface area contributed by atoms with Gasteiger partial charge in [0.2, 0.25) is 0 Å². The molecule has 2 rings (SSSR count). The van der Waals surface area contributed by atoms with Gasteiger partial charge in [-0.15, -0.1) is 11.6 Å². The zero-order valence-electron chi connectivity index (χ0n) is 10.8. The molecule has 1 aromatic rings. The van der Waals surface area contributed by atoms with Gasteiger partial charge in [-0.25, -0.2) is 4.39 Å². The van der Waals surface area contributed by atoms with E-state index in [0.717, 1.165) is 31.4 Å². The molecule has 0 aromatic heterocycles. The van der Waals surface area contributed by atoms with Gasteiger partial charge in [-0.2, -0.15) is 13.2 Å². The van der Waals surface area contributed by atoms with Crippen LogP contribution in [0.3, 0.4) is 0 Å². The van der Waals surface area contributed by atoms with Gasteiger partial charge >= 0.3 is 6.18 Å². The number of halogens is 5. The third-order valence-corrected chi connectivity index (χ3v) is 4.26. The van der Waals surface area contributed by atoms with Crippen LogP contribution in [0.1, 0.15) is 24.8 Å². The Morgan fingerprint density at radius 3 is 2.50 bits per heavy atom. The number of hydrogen-bond donors (Lipinski definition) is 1. The van der Waals surface area contributed by atoms with Crippen LogP contribution in [0.5, 0.6) is 0 Å². The summed E-state index contributed by atoms with van der Waals surface area (Å²) in [4.78, 5) is 0. The first-order valence-corrected chi connectivity index (χ1v) is 7.12. The molecule has 0 amide bonds. The smallest absolute Gasteiger partial charge is 0.382 e. The number of benzene rings is 1. The van der Waals surface area contributed by atoms with E-state index in [-0.39, 0.29) is 5.69 Å². The van der Waals surface area contributed by atoms with E-state index in [4.69, 9.17) is 11.6 Å². The predicted molar refractivity (Wildman–Crippen MR) is 71.4 cm³/mol. The van der Waals surface area contributed by atoms with Crippen LogP contribution in [0, 0.1) is 17.7 Å². The lowest BCUT2D eigenvalue weighted by Crippen LogP contribution is -2.20. The van der Waals surface area contributed by atoms with Gasteiger partial charge in [0.05, 0.1) is 11.3 Å². The Morgan fingerprint density at radius 2 is 1.90 bits per heavy atom. The summed E-state index contributed by atoms with van der Waals surface area (Å²) in [7, 11) is 0. The van der Waals surface area contributed by atoms with Gasteiger partial charge in [-0.1, -0.05) is 6.42 Å². The van der Waals surface area contributed by atoms with Gasteiger partial charge < -0.3 is 5.32 Å². The lowest BCUT2D eigenvalue weighted by atomic mass is 9.98. The molecule has 0 saturated heterocycles. The van der Waals surface area contributed by atoms with Crippen LogP contribution < -0.4 is 5.32 Å². The summed E-state index contributed by atoms with van der Waals surface area (Å²) in [6.45, 7) is 0.541. The summed E-state index contributed by atoms with van der Waals surface area (Å²) in [5.41, 5.74) is -0.863. The first-order chi connectivity index (χ1) is 9.41. The van der Waals surface area contributed by atoms with E-state index >= 15 is 0 Å². The first kappa shape index (κ1) is 15.4. The highest BCUT2D eigenvalue weighted by Crippen LogP contribution is 2.34. The molecule has 6 heteroatoms. The van der Waals surface area contributed by atoms with Crippen molar-refractivity contribution in [2.75, 3.05) is 17.7 Å². The van der Waals surface area contributed by atoms with E-state index in [9.17, 15) is 17.6 Å². The molecule has 20 heavy (non-hydrogen) atoms. The largest absolute Gasteiger partial charge is 0.416 e. The van der Waals surface area contributed by atoms with Crippen molar-refractivity contribution in [2.24, 2.45) is 11.8 Å². The minimum atomic E-state index is -4.52. The third-order valence-electron chi connectivity index (χ3n) is 3.87. The molecule has 0 bridgehead atoms. The fourth-order valence-corrected chi connectivity index (χ4v) is 3.07. The molecule has 0 heterocycles. The first-order valence-electron chi connectivity index (χ1n) is 6.58. The molecule has 0 spiro atoms. The lowest BCUT2D eigenvalue weighted by molar-refractivity contribution is -0.137. The Balaban J connectivity index is 2.00. The van der Waals surface area contributed by atoms with Gasteiger partial charge in [0.15, 0.2) is 0 Å². The van der Waals surface area contributed by atoms with E-state index in [1.54, 1.807) is 0 Å². The Bertz CT molecular complexity index is 461. The van der Waals surface area contributed by atoms with Crippen LogP contribution >= 0.6 is 11.6 Å². The molecule has 2 atom stereocenters. The zero-order chi connectivity index (χ0) is 14.8. The third kappa shape index (κ3) is 3.57. The Labute approximate surface area is 120 Å². The van der Waals surface area contributed by atoms with E-state index in [2.05, 4.69) is 5.32 Å². The Kier molecular flexibility index (Phi) is 4.78. The second-order valence-corrected chi connectivity index (χ2v) is 5.49. The molecular weight excluding hydrogens is 294 g/mol. The molecule has 0 radical (unpaired) electrons. The molecule has 1 aliphatic rings. The van der Waals surface area contributed by atoms with Crippen LogP contribution in [0.25, 0.3) is 0 Å². The summed E-state index contributed by atoms with van der Waals surface area (Å²) < 4.78 is 50.9. The summed E-state index contributed by atoms with van der Waals surface area (Å²) in [5.74, 6) is 0.457. The summed E-state index contributed by atoms with van der Waals surface area (Å²) in [5, 5.41) is 2.90. The highest BCUT2D eigenvalue weighted by Gasteiger charge is 2.31. The number of anilines is 1. The maximum absolute atomic E-state index is 13.6. The minimum absolute atomic E-state index is 0.109. The van der Waals surface area contributed by atoms with Crippen molar-refractivity contribution in [3.63, 3.8) is 0 Å². The van der Waals surface area contributed by atoms with Crippen molar-refractivity contribution in [2.45, 2.75) is 25.4 Å². The van der Waals surface area contributed by atoms with E-state index < -0.39 is 17.6 Å². The molecule has 1 N–H and O–H groups in total. The Hall–Kier alpha value is -0.970. The van der Waals surface area contributed by atoms with Gasteiger partial charge in [-0.3, -0.25) is 0 Å². The second-order valence-electron chi connectivity index (χ2n) is 5.18. The second kappa shape index (κ2) is 6.20. The molecule has 1 aromatic carbocycles. The zero-order valence-corrected chi connectivity index (χ0v) is 11.6. The van der Waals surface area contributed by atoms with Crippen molar-refractivity contribution in [3.05, 3.63) is 29.6 Å². The topological polar surface area (TPSA) is 12.0 Å². The molecular formula is C14H16ClF4N. The summed E-state index contributed by atoms with van der Waals surface area (Å²) in [6.07, 6.45) is -1.34. The predicted octanol–water partition coefficient (Wildman–Crippen LogP) is 4.91. The Morgan fingerprint density at radius 1 is 1.20 bits per heavy atom. The lowest BCUT2D eigenvalue weighted by Gasteiger charge is -2.19. The average molecular weight is 310 g/mol. The van der Waals surface area contributed by atoms with Gasteiger partial charge in [0, 0.05) is 12.4 Å². The average Bonchev–Trinajstić information content (AvgIpc) is 2.83. The van der Waals surface area contributed by atoms with Crippen molar-refractivity contribution in [1.82, 2.24) is 0 Å². The van der Waals surface area contributed by atoms with Gasteiger partial charge in [0.1, 0.15) is 5.82 Å². The molecule has 2 unspecified atom stereocenters. The van der Waals surface area contributed by atoms with Crippen LogP contribution in [0.15, 0.2) is 18.2 Å². The molecule has 0 aliphatic heterocycles. The monoisotopic (exact) mass is 309 g/mol. The summed E-state index contributed by atoms with van der Waals surface area (Å²) in [6, 6.07) is 2.55. The fourth-order valence-electron chi connectivity index (χ4n) is 2.66. The maximum atomic E-state index is 13.6. The van der Waals surface area contributed by atoms with E-state index in [1.165, 1.54) is 0 Å². The quantitative estimate of drug-likeness (QED) is 0.615. The molecule has 1 saturated carbocycles. The van der Waals surface area contributed by atoms with Crippen molar-refractivity contribution in [3.8, 4) is 0 Å². The van der Waals surface area contributed by atoms with Crippen LogP contribution in [0.4, 0.5) is 23.2 Å².